The van der Waals surface area contributed by atoms with Gasteiger partial charge in [-0.1, -0.05) is 18.2 Å². The van der Waals surface area contributed by atoms with Gasteiger partial charge in [0.15, 0.2) is 0 Å². The van der Waals surface area contributed by atoms with Crippen molar-refractivity contribution in [1.82, 2.24) is 15.0 Å². The molecule has 0 spiro atoms. The van der Waals surface area contributed by atoms with Gasteiger partial charge in [-0.2, -0.15) is 0 Å². The highest BCUT2D eigenvalue weighted by atomic mass is 16.5. The smallest absolute Gasteiger partial charge is 0.262 e. The van der Waals surface area contributed by atoms with E-state index in [4.69, 9.17) is 9.47 Å². The second kappa shape index (κ2) is 5.42. The number of nitrogens with one attached hydrogen (secondary N) is 2. The van der Waals surface area contributed by atoms with Gasteiger partial charge in [-0.3, -0.25) is 4.79 Å². The lowest BCUT2D eigenvalue weighted by atomic mass is 10.1. The van der Waals surface area contributed by atoms with E-state index in [1.165, 1.54) is 7.11 Å². The molecule has 4 rings (SSSR count). The molecule has 120 valence electrons. The van der Waals surface area contributed by atoms with Crippen molar-refractivity contribution in [3.63, 3.8) is 0 Å². The third kappa shape index (κ3) is 2.11. The maximum Gasteiger partial charge on any atom is 0.262 e. The van der Waals surface area contributed by atoms with E-state index < -0.39 is 0 Å². The number of benzene rings is 2. The van der Waals surface area contributed by atoms with E-state index in [1.807, 2.05) is 30.5 Å². The minimum absolute atomic E-state index is 0.250. The van der Waals surface area contributed by atoms with Crippen LogP contribution in [0.25, 0.3) is 33.2 Å². The van der Waals surface area contributed by atoms with Crippen LogP contribution in [0.4, 0.5) is 0 Å². The van der Waals surface area contributed by atoms with Gasteiger partial charge < -0.3 is 19.4 Å². The van der Waals surface area contributed by atoms with Crippen LogP contribution in [0, 0.1) is 0 Å². The van der Waals surface area contributed by atoms with E-state index in [1.54, 1.807) is 19.2 Å². The molecule has 0 amide bonds. The highest BCUT2D eigenvalue weighted by molar-refractivity contribution is 5.95. The monoisotopic (exact) mass is 321 g/mol. The Labute approximate surface area is 137 Å². The standard InChI is InChI=1S/C18H15N3O3/c1-23-10-7-14-16(15(8-10)24-2)18(22)21-17(20-14)12-9-19-13-6-4-3-5-11(12)13/h3-9,19H,1-2H3,(H,20,21,22). The summed E-state index contributed by atoms with van der Waals surface area (Å²) in [6.07, 6.45) is 1.84. The molecule has 0 atom stereocenters. The van der Waals surface area contributed by atoms with Gasteiger partial charge >= 0.3 is 0 Å². The molecule has 6 nitrogen and oxygen atoms in total. The number of H-pyrrole nitrogens is 2. The number of hydrogen-bond donors (Lipinski definition) is 2. The Bertz CT molecular complexity index is 1110. The Morgan fingerprint density at radius 3 is 2.71 bits per heavy atom. The highest BCUT2D eigenvalue weighted by Gasteiger charge is 2.14. The van der Waals surface area contributed by atoms with Crippen molar-refractivity contribution in [2.24, 2.45) is 0 Å². The number of para-hydroxylation sites is 1. The summed E-state index contributed by atoms with van der Waals surface area (Å²) in [5.41, 5.74) is 2.10. The Hall–Kier alpha value is -3.28. The van der Waals surface area contributed by atoms with Gasteiger partial charge in [0.25, 0.3) is 5.56 Å². The van der Waals surface area contributed by atoms with E-state index >= 15 is 0 Å². The van der Waals surface area contributed by atoms with Crippen LogP contribution in [0.3, 0.4) is 0 Å². The predicted octanol–water partition coefficient (Wildman–Crippen LogP) is 3.09. The van der Waals surface area contributed by atoms with Gasteiger partial charge in [0, 0.05) is 34.8 Å². The SMILES string of the molecule is COc1cc(OC)c2c(=O)[nH]c(-c3c[nH]c4ccccc34)nc2c1. The summed E-state index contributed by atoms with van der Waals surface area (Å²) in [4.78, 5) is 23.2. The molecule has 6 heteroatoms. The quantitative estimate of drug-likeness (QED) is 0.607. The highest BCUT2D eigenvalue weighted by Crippen LogP contribution is 2.30. The molecule has 2 heterocycles. The molecule has 0 radical (unpaired) electrons. The lowest BCUT2D eigenvalue weighted by Crippen LogP contribution is -2.11. The molecule has 0 saturated heterocycles. The number of rotatable bonds is 3. The summed E-state index contributed by atoms with van der Waals surface area (Å²) in [7, 11) is 3.08. The summed E-state index contributed by atoms with van der Waals surface area (Å²) in [5.74, 6) is 1.52. The number of aromatic nitrogens is 3. The molecular weight excluding hydrogens is 306 g/mol. The summed E-state index contributed by atoms with van der Waals surface area (Å²) in [6, 6.07) is 11.3. The molecule has 4 aromatic rings. The fourth-order valence-corrected chi connectivity index (χ4v) is 2.88. The first-order valence-corrected chi connectivity index (χ1v) is 7.44. The largest absolute Gasteiger partial charge is 0.497 e. The maximum atomic E-state index is 12.6. The number of aromatic amines is 2. The first-order valence-electron chi connectivity index (χ1n) is 7.44. The van der Waals surface area contributed by atoms with Crippen LogP contribution >= 0.6 is 0 Å². The number of fused-ring (bicyclic) bond motifs is 2. The van der Waals surface area contributed by atoms with Gasteiger partial charge in [0.2, 0.25) is 0 Å². The summed E-state index contributed by atoms with van der Waals surface area (Å²) >= 11 is 0. The van der Waals surface area contributed by atoms with Crippen molar-refractivity contribution in [3.05, 3.63) is 52.9 Å². The zero-order chi connectivity index (χ0) is 16.7. The van der Waals surface area contributed by atoms with Crippen LogP contribution in [-0.2, 0) is 0 Å². The van der Waals surface area contributed by atoms with E-state index in [2.05, 4.69) is 15.0 Å². The van der Waals surface area contributed by atoms with Gasteiger partial charge in [-0.25, -0.2) is 4.98 Å². The number of nitrogens with zero attached hydrogens (tertiary/aromatic N) is 1. The third-order valence-corrected chi connectivity index (χ3v) is 4.05. The van der Waals surface area contributed by atoms with E-state index in [9.17, 15) is 4.79 Å². The number of methoxy groups -OCH3 is 2. The van der Waals surface area contributed by atoms with Crippen molar-refractivity contribution < 1.29 is 9.47 Å². The molecule has 0 bridgehead atoms. The predicted molar refractivity (Wildman–Crippen MR) is 92.8 cm³/mol. The van der Waals surface area contributed by atoms with Crippen molar-refractivity contribution in [2.75, 3.05) is 14.2 Å². The molecule has 2 aromatic heterocycles. The summed E-state index contributed by atoms with van der Waals surface area (Å²) < 4.78 is 10.6. The van der Waals surface area contributed by atoms with Crippen LogP contribution in [0.2, 0.25) is 0 Å². The average molecular weight is 321 g/mol. The van der Waals surface area contributed by atoms with Crippen molar-refractivity contribution in [2.45, 2.75) is 0 Å². The molecule has 0 aliphatic carbocycles. The Morgan fingerprint density at radius 1 is 1.08 bits per heavy atom. The zero-order valence-electron chi connectivity index (χ0n) is 13.2. The molecule has 0 fully saturated rings. The molecule has 0 unspecified atom stereocenters. The normalized spacial score (nSPS) is 11.1. The third-order valence-electron chi connectivity index (χ3n) is 4.05. The van der Waals surface area contributed by atoms with Crippen molar-refractivity contribution in [3.8, 4) is 22.9 Å². The molecular formula is C18H15N3O3. The van der Waals surface area contributed by atoms with E-state index in [-0.39, 0.29) is 5.56 Å². The number of ether oxygens (including phenoxy) is 2. The van der Waals surface area contributed by atoms with E-state index in [0.29, 0.717) is 28.2 Å². The molecule has 0 saturated carbocycles. The Balaban J connectivity index is 2.03. The second-order valence-electron chi connectivity index (χ2n) is 5.39. The van der Waals surface area contributed by atoms with Crippen LogP contribution in [-0.4, -0.2) is 29.2 Å². The first kappa shape index (κ1) is 14.3. The molecule has 24 heavy (non-hydrogen) atoms. The number of hydrogen-bond acceptors (Lipinski definition) is 4. The summed E-state index contributed by atoms with van der Waals surface area (Å²) in [5, 5.41) is 1.40. The average Bonchev–Trinajstić information content (AvgIpc) is 3.04. The van der Waals surface area contributed by atoms with Crippen LogP contribution < -0.4 is 15.0 Å². The second-order valence-corrected chi connectivity index (χ2v) is 5.39. The van der Waals surface area contributed by atoms with Crippen LogP contribution in [0.15, 0.2) is 47.4 Å². The topological polar surface area (TPSA) is 80.0 Å². The fourth-order valence-electron chi connectivity index (χ4n) is 2.88. The molecule has 0 aliphatic heterocycles. The lowest BCUT2D eigenvalue weighted by Gasteiger charge is -2.09. The maximum absolute atomic E-state index is 12.6. The van der Waals surface area contributed by atoms with Crippen LogP contribution in [0.5, 0.6) is 11.5 Å². The molecule has 0 aliphatic rings. The molecule has 2 N–H and O–H groups in total. The van der Waals surface area contributed by atoms with Gasteiger partial charge in [-0.15, -0.1) is 0 Å². The molecule has 2 aromatic carbocycles. The van der Waals surface area contributed by atoms with Gasteiger partial charge in [0.1, 0.15) is 22.7 Å². The van der Waals surface area contributed by atoms with E-state index in [0.717, 1.165) is 16.5 Å². The van der Waals surface area contributed by atoms with Crippen molar-refractivity contribution in [1.29, 1.82) is 0 Å². The first-order chi connectivity index (χ1) is 11.7. The lowest BCUT2D eigenvalue weighted by molar-refractivity contribution is 0.397. The minimum Gasteiger partial charge on any atom is -0.497 e. The summed E-state index contributed by atoms with van der Waals surface area (Å²) in [6.45, 7) is 0. The van der Waals surface area contributed by atoms with Crippen molar-refractivity contribution >= 4 is 21.8 Å². The van der Waals surface area contributed by atoms with Gasteiger partial charge in [0.05, 0.1) is 19.7 Å². The fraction of sp³-hybridized carbons (Fsp3) is 0.111. The zero-order valence-corrected chi connectivity index (χ0v) is 13.2. The van der Waals surface area contributed by atoms with Crippen LogP contribution in [0.1, 0.15) is 0 Å². The Morgan fingerprint density at radius 2 is 1.92 bits per heavy atom. The Kier molecular flexibility index (Phi) is 3.23. The minimum atomic E-state index is -0.250. The van der Waals surface area contributed by atoms with Gasteiger partial charge in [-0.05, 0) is 6.07 Å².